The van der Waals surface area contributed by atoms with E-state index in [-0.39, 0.29) is 5.91 Å². The van der Waals surface area contributed by atoms with Crippen LogP contribution < -0.4 is 4.90 Å². The zero-order chi connectivity index (χ0) is 16.9. The second-order valence-corrected chi connectivity index (χ2v) is 6.47. The van der Waals surface area contributed by atoms with E-state index in [1.807, 2.05) is 12.1 Å². The standard InChI is InChI=1S/C19H17N3OS/c1-14-5-8-17(9-6-14)24-18-10-7-15(12-21-18)19(23)22(2)16-4-3-11-20-13-16/h3-13H,1-2H3. The molecule has 2 heterocycles. The number of pyridine rings is 2. The van der Waals surface area contributed by atoms with Crippen molar-refractivity contribution in [3.63, 3.8) is 0 Å². The van der Waals surface area contributed by atoms with Crippen LogP contribution in [0.5, 0.6) is 0 Å². The van der Waals surface area contributed by atoms with E-state index in [0.29, 0.717) is 5.56 Å². The number of anilines is 1. The zero-order valence-corrected chi connectivity index (χ0v) is 14.3. The summed E-state index contributed by atoms with van der Waals surface area (Å²) in [6, 6.07) is 15.6. The first kappa shape index (κ1) is 16.2. The van der Waals surface area contributed by atoms with Crippen molar-refractivity contribution in [1.82, 2.24) is 9.97 Å². The van der Waals surface area contributed by atoms with E-state index in [4.69, 9.17) is 0 Å². The molecule has 0 fully saturated rings. The molecule has 0 spiro atoms. The summed E-state index contributed by atoms with van der Waals surface area (Å²) in [7, 11) is 1.73. The molecule has 3 aromatic rings. The number of rotatable bonds is 4. The molecule has 0 aliphatic heterocycles. The van der Waals surface area contributed by atoms with Gasteiger partial charge in [0, 0.05) is 24.3 Å². The molecule has 3 rings (SSSR count). The first-order valence-electron chi connectivity index (χ1n) is 7.52. The van der Waals surface area contributed by atoms with Crippen LogP contribution in [-0.4, -0.2) is 22.9 Å². The average Bonchev–Trinajstić information content (AvgIpc) is 2.64. The smallest absolute Gasteiger partial charge is 0.259 e. The third kappa shape index (κ3) is 3.81. The number of hydrogen-bond acceptors (Lipinski definition) is 4. The fraction of sp³-hybridized carbons (Fsp3) is 0.105. The molecule has 0 saturated carbocycles. The van der Waals surface area contributed by atoms with Crippen molar-refractivity contribution in [2.75, 3.05) is 11.9 Å². The van der Waals surface area contributed by atoms with Gasteiger partial charge in [0.1, 0.15) is 5.03 Å². The Hall–Kier alpha value is -2.66. The molecule has 4 nitrogen and oxygen atoms in total. The molecular formula is C19H17N3OS. The summed E-state index contributed by atoms with van der Waals surface area (Å²) in [4.78, 5) is 23.6. The van der Waals surface area contributed by atoms with E-state index in [1.165, 1.54) is 5.56 Å². The van der Waals surface area contributed by atoms with Crippen LogP contribution in [0.3, 0.4) is 0 Å². The van der Waals surface area contributed by atoms with Crippen LogP contribution in [0.25, 0.3) is 0 Å². The number of carbonyl (C=O) groups excluding carboxylic acids is 1. The maximum absolute atomic E-state index is 12.5. The summed E-state index contributed by atoms with van der Waals surface area (Å²) in [5.41, 5.74) is 2.53. The molecule has 1 amide bonds. The molecule has 0 bridgehead atoms. The summed E-state index contributed by atoms with van der Waals surface area (Å²) in [6.07, 6.45) is 4.96. The molecule has 0 atom stereocenters. The summed E-state index contributed by atoms with van der Waals surface area (Å²) in [6.45, 7) is 2.06. The Labute approximate surface area is 145 Å². The van der Waals surface area contributed by atoms with Crippen molar-refractivity contribution in [1.29, 1.82) is 0 Å². The lowest BCUT2D eigenvalue weighted by atomic mass is 10.2. The number of carbonyl (C=O) groups is 1. The van der Waals surface area contributed by atoms with E-state index in [2.05, 4.69) is 41.2 Å². The van der Waals surface area contributed by atoms with Gasteiger partial charge in [-0.2, -0.15) is 0 Å². The Morgan fingerprint density at radius 3 is 2.46 bits per heavy atom. The molecule has 0 unspecified atom stereocenters. The lowest BCUT2D eigenvalue weighted by Gasteiger charge is -2.16. The summed E-state index contributed by atoms with van der Waals surface area (Å²) < 4.78 is 0. The number of amides is 1. The molecule has 0 radical (unpaired) electrons. The fourth-order valence-electron chi connectivity index (χ4n) is 2.16. The molecule has 0 saturated heterocycles. The predicted molar refractivity (Wildman–Crippen MR) is 96.5 cm³/mol. The number of nitrogens with zero attached hydrogens (tertiary/aromatic N) is 3. The molecule has 2 aromatic heterocycles. The molecule has 120 valence electrons. The van der Waals surface area contributed by atoms with Crippen molar-refractivity contribution < 1.29 is 4.79 Å². The topological polar surface area (TPSA) is 46.1 Å². The van der Waals surface area contributed by atoms with Gasteiger partial charge in [0.15, 0.2) is 0 Å². The normalized spacial score (nSPS) is 10.4. The molecule has 0 aliphatic carbocycles. The van der Waals surface area contributed by atoms with Crippen molar-refractivity contribution in [3.05, 3.63) is 78.2 Å². The number of aromatic nitrogens is 2. The van der Waals surface area contributed by atoms with E-state index in [0.717, 1.165) is 15.6 Å². The van der Waals surface area contributed by atoms with Crippen LogP contribution in [0.4, 0.5) is 5.69 Å². The quantitative estimate of drug-likeness (QED) is 0.716. The minimum absolute atomic E-state index is 0.109. The molecule has 5 heteroatoms. The van der Waals surface area contributed by atoms with Gasteiger partial charge in [-0.25, -0.2) is 4.98 Å². The van der Waals surface area contributed by atoms with Crippen LogP contribution in [0.15, 0.2) is 77.0 Å². The van der Waals surface area contributed by atoms with Crippen molar-refractivity contribution in [2.24, 2.45) is 0 Å². The van der Waals surface area contributed by atoms with Crippen LogP contribution in [0, 0.1) is 6.92 Å². The SMILES string of the molecule is Cc1ccc(Sc2ccc(C(=O)N(C)c3cccnc3)cn2)cc1. The predicted octanol–water partition coefficient (Wildman–Crippen LogP) is 4.21. The second-order valence-electron chi connectivity index (χ2n) is 5.38. The van der Waals surface area contributed by atoms with Crippen LogP contribution >= 0.6 is 11.8 Å². The largest absolute Gasteiger partial charge is 0.310 e. The Morgan fingerprint density at radius 1 is 1.04 bits per heavy atom. The summed E-state index contributed by atoms with van der Waals surface area (Å²) >= 11 is 1.58. The van der Waals surface area contributed by atoms with E-state index >= 15 is 0 Å². The zero-order valence-electron chi connectivity index (χ0n) is 13.5. The minimum Gasteiger partial charge on any atom is -0.310 e. The summed E-state index contributed by atoms with van der Waals surface area (Å²) in [5.74, 6) is -0.109. The molecule has 0 N–H and O–H groups in total. The van der Waals surface area contributed by atoms with Gasteiger partial charge in [-0.15, -0.1) is 0 Å². The van der Waals surface area contributed by atoms with Gasteiger partial charge in [-0.3, -0.25) is 9.78 Å². The van der Waals surface area contributed by atoms with Gasteiger partial charge >= 0.3 is 0 Å². The van der Waals surface area contributed by atoms with Crippen LogP contribution in [0.1, 0.15) is 15.9 Å². The Balaban J connectivity index is 1.72. The van der Waals surface area contributed by atoms with E-state index in [9.17, 15) is 4.79 Å². The lowest BCUT2D eigenvalue weighted by molar-refractivity contribution is 0.0992. The van der Waals surface area contributed by atoms with Gasteiger partial charge in [0.2, 0.25) is 0 Å². The van der Waals surface area contributed by atoms with E-state index < -0.39 is 0 Å². The van der Waals surface area contributed by atoms with Crippen molar-refractivity contribution in [3.8, 4) is 0 Å². The Kier molecular flexibility index (Phi) is 4.91. The van der Waals surface area contributed by atoms with E-state index in [1.54, 1.807) is 54.4 Å². The third-order valence-electron chi connectivity index (χ3n) is 3.56. The maximum atomic E-state index is 12.5. The van der Waals surface area contributed by atoms with Gasteiger partial charge in [-0.1, -0.05) is 29.5 Å². The minimum atomic E-state index is -0.109. The molecule has 24 heavy (non-hydrogen) atoms. The third-order valence-corrected chi connectivity index (χ3v) is 4.52. The lowest BCUT2D eigenvalue weighted by Crippen LogP contribution is -2.26. The molecular weight excluding hydrogens is 318 g/mol. The average molecular weight is 335 g/mol. The highest BCUT2D eigenvalue weighted by Crippen LogP contribution is 2.26. The van der Waals surface area contributed by atoms with Crippen molar-refractivity contribution >= 4 is 23.4 Å². The van der Waals surface area contributed by atoms with Crippen molar-refractivity contribution in [2.45, 2.75) is 16.8 Å². The Morgan fingerprint density at radius 2 is 1.83 bits per heavy atom. The summed E-state index contributed by atoms with van der Waals surface area (Å²) in [5, 5.41) is 0.861. The number of hydrogen-bond donors (Lipinski definition) is 0. The van der Waals surface area contributed by atoms with Crippen LogP contribution in [-0.2, 0) is 0 Å². The Bertz CT molecular complexity index is 817. The van der Waals surface area contributed by atoms with Gasteiger partial charge in [-0.05, 0) is 43.3 Å². The first-order chi connectivity index (χ1) is 11.6. The maximum Gasteiger partial charge on any atom is 0.259 e. The second kappa shape index (κ2) is 7.27. The van der Waals surface area contributed by atoms with Gasteiger partial charge in [0.05, 0.1) is 17.4 Å². The number of aryl methyl sites for hydroxylation is 1. The highest BCUT2D eigenvalue weighted by atomic mass is 32.2. The van der Waals surface area contributed by atoms with Gasteiger partial charge < -0.3 is 4.90 Å². The van der Waals surface area contributed by atoms with Crippen LogP contribution in [0.2, 0.25) is 0 Å². The van der Waals surface area contributed by atoms with Gasteiger partial charge in [0.25, 0.3) is 5.91 Å². The highest BCUT2D eigenvalue weighted by Gasteiger charge is 2.14. The highest BCUT2D eigenvalue weighted by molar-refractivity contribution is 7.99. The fourth-order valence-corrected chi connectivity index (χ4v) is 2.91. The molecule has 0 aliphatic rings. The monoisotopic (exact) mass is 335 g/mol. The number of benzene rings is 1. The first-order valence-corrected chi connectivity index (χ1v) is 8.34. The molecule has 1 aromatic carbocycles.